The first-order valence-corrected chi connectivity index (χ1v) is 8.37. The number of carbonyl (C=O) groups is 3. The Hall–Kier alpha value is -2.63. The minimum atomic E-state index is -0.959. The van der Waals surface area contributed by atoms with Gasteiger partial charge in [-0.2, -0.15) is 0 Å². The van der Waals surface area contributed by atoms with Gasteiger partial charge in [-0.25, -0.2) is 0 Å². The number of benzene rings is 1. The van der Waals surface area contributed by atoms with Crippen molar-refractivity contribution in [2.75, 3.05) is 11.9 Å². The van der Waals surface area contributed by atoms with Gasteiger partial charge in [0.15, 0.2) is 0 Å². The number of allylic oxidation sites excluding steroid dienone is 2. The fourth-order valence-corrected chi connectivity index (χ4v) is 2.65. The molecule has 134 valence electrons. The van der Waals surface area contributed by atoms with Crippen molar-refractivity contribution in [3.05, 3.63) is 41.5 Å². The van der Waals surface area contributed by atoms with Crippen LogP contribution in [0.25, 0.3) is 0 Å². The van der Waals surface area contributed by atoms with Crippen LogP contribution < -0.4 is 10.6 Å². The van der Waals surface area contributed by atoms with E-state index in [0.717, 1.165) is 19.3 Å². The molecule has 0 radical (unpaired) electrons. The molecular formula is C19H24N2O4. The van der Waals surface area contributed by atoms with Crippen LogP contribution in [0.5, 0.6) is 0 Å². The summed E-state index contributed by atoms with van der Waals surface area (Å²) >= 11 is 0. The van der Waals surface area contributed by atoms with Crippen molar-refractivity contribution in [2.45, 2.75) is 39.5 Å². The van der Waals surface area contributed by atoms with Crippen LogP contribution >= 0.6 is 0 Å². The highest BCUT2D eigenvalue weighted by Crippen LogP contribution is 2.35. The monoisotopic (exact) mass is 344 g/mol. The van der Waals surface area contributed by atoms with Crippen molar-refractivity contribution in [1.82, 2.24) is 5.32 Å². The number of nitrogens with one attached hydrogen (secondary N) is 2. The second kappa shape index (κ2) is 7.96. The second-order valence-electron chi connectivity index (χ2n) is 6.75. The smallest absolute Gasteiger partial charge is 0.305 e. The van der Waals surface area contributed by atoms with Crippen molar-refractivity contribution < 1.29 is 19.5 Å². The molecule has 0 aromatic heterocycles. The summed E-state index contributed by atoms with van der Waals surface area (Å²) in [6, 6.07) is 6.58. The highest BCUT2D eigenvalue weighted by molar-refractivity contribution is 5.97. The van der Waals surface area contributed by atoms with E-state index in [0.29, 0.717) is 11.3 Å². The van der Waals surface area contributed by atoms with E-state index in [2.05, 4.69) is 23.6 Å². The van der Waals surface area contributed by atoms with E-state index < -0.39 is 11.4 Å². The zero-order valence-corrected chi connectivity index (χ0v) is 14.6. The molecule has 1 atom stereocenters. The predicted molar refractivity (Wildman–Crippen MR) is 95.4 cm³/mol. The quantitative estimate of drug-likeness (QED) is 0.691. The van der Waals surface area contributed by atoms with Gasteiger partial charge in [0, 0.05) is 17.8 Å². The Labute approximate surface area is 147 Å². The highest BCUT2D eigenvalue weighted by atomic mass is 16.4. The SMILES string of the molecule is CC1=CCC(C)(C(=O)Nc2ccc(C(=O)NCCC(=O)O)cc2)CC1. The fraction of sp³-hybridized carbons (Fsp3) is 0.421. The third kappa shape index (κ3) is 5.17. The Morgan fingerprint density at radius 2 is 1.88 bits per heavy atom. The second-order valence-corrected chi connectivity index (χ2v) is 6.75. The van der Waals surface area contributed by atoms with Crippen LogP contribution in [0.15, 0.2) is 35.9 Å². The largest absolute Gasteiger partial charge is 0.481 e. The third-order valence-electron chi connectivity index (χ3n) is 4.55. The average Bonchev–Trinajstić information content (AvgIpc) is 2.58. The van der Waals surface area contributed by atoms with Crippen LogP contribution in [0.4, 0.5) is 5.69 Å². The molecule has 25 heavy (non-hydrogen) atoms. The maximum absolute atomic E-state index is 12.5. The van der Waals surface area contributed by atoms with Crippen LogP contribution in [-0.2, 0) is 9.59 Å². The standard InChI is InChI=1S/C19H24N2O4/c1-13-7-10-19(2,11-8-13)18(25)21-15-5-3-14(4-6-15)17(24)20-12-9-16(22)23/h3-7H,8-12H2,1-2H3,(H,20,24)(H,21,25)(H,22,23). The van der Waals surface area contributed by atoms with Gasteiger partial charge in [0.1, 0.15) is 0 Å². The van der Waals surface area contributed by atoms with Crippen LogP contribution in [0.2, 0.25) is 0 Å². The van der Waals surface area contributed by atoms with E-state index in [-0.39, 0.29) is 24.8 Å². The summed E-state index contributed by atoms with van der Waals surface area (Å²) in [6.45, 7) is 4.13. The van der Waals surface area contributed by atoms with E-state index in [1.165, 1.54) is 5.57 Å². The molecule has 0 saturated heterocycles. The summed E-state index contributed by atoms with van der Waals surface area (Å²) in [5, 5.41) is 14.0. The summed E-state index contributed by atoms with van der Waals surface area (Å²) in [6.07, 6.45) is 4.49. The van der Waals surface area contributed by atoms with Gasteiger partial charge in [0.25, 0.3) is 5.91 Å². The van der Waals surface area contributed by atoms with Crippen molar-refractivity contribution in [3.8, 4) is 0 Å². The first-order chi connectivity index (χ1) is 11.8. The Morgan fingerprint density at radius 1 is 1.20 bits per heavy atom. The molecule has 0 fully saturated rings. The minimum absolute atomic E-state index is 0.0186. The van der Waals surface area contributed by atoms with Crippen LogP contribution in [0.3, 0.4) is 0 Å². The van der Waals surface area contributed by atoms with Crippen molar-refractivity contribution >= 4 is 23.5 Å². The Kier molecular flexibility index (Phi) is 5.96. The molecule has 1 aliphatic rings. The summed E-state index contributed by atoms with van der Waals surface area (Å²) < 4.78 is 0. The maximum Gasteiger partial charge on any atom is 0.305 e. The molecule has 3 N–H and O–H groups in total. The molecule has 1 aromatic carbocycles. The Bertz CT molecular complexity index is 694. The van der Waals surface area contributed by atoms with Crippen LogP contribution in [-0.4, -0.2) is 29.4 Å². The van der Waals surface area contributed by atoms with Gasteiger partial charge in [0.2, 0.25) is 5.91 Å². The highest BCUT2D eigenvalue weighted by Gasteiger charge is 2.33. The van der Waals surface area contributed by atoms with Crippen LogP contribution in [0.1, 0.15) is 49.9 Å². The predicted octanol–water partition coefficient (Wildman–Crippen LogP) is 2.97. The first-order valence-electron chi connectivity index (χ1n) is 8.37. The van der Waals surface area contributed by atoms with E-state index in [1.807, 2.05) is 6.92 Å². The number of rotatable bonds is 6. The molecule has 1 unspecified atom stereocenters. The van der Waals surface area contributed by atoms with E-state index in [4.69, 9.17) is 5.11 Å². The van der Waals surface area contributed by atoms with Gasteiger partial charge in [-0.15, -0.1) is 0 Å². The van der Waals surface area contributed by atoms with Crippen molar-refractivity contribution in [2.24, 2.45) is 5.41 Å². The van der Waals surface area contributed by atoms with Gasteiger partial charge in [-0.05, 0) is 50.5 Å². The molecule has 0 saturated carbocycles. The third-order valence-corrected chi connectivity index (χ3v) is 4.55. The molecule has 2 amide bonds. The van der Waals surface area contributed by atoms with Crippen LogP contribution in [0, 0.1) is 5.41 Å². The molecule has 6 heteroatoms. The topological polar surface area (TPSA) is 95.5 Å². The summed E-state index contributed by atoms with van der Waals surface area (Å²) in [7, 11) is 0. The normalized spacial score (nSPS) is 19.7. The number of carboxylic acid groups (broad SMARTS) is 1. The van der Waals surface area contributed by atoms with Crippen molar-refractivity contribution in [3.63, 3.8) is 0 Å². The van der Waals surface area contributed by atoms with Gasteiger partial charge in [-0.3, -0.25) is 14.4 Å². The number of hydrogen-bond acceptors (Lipinski definition) is 3. The lowest BCUT2D eigenvalue weighted by molar-refractivity contribution is -0.136. The number of anilines is 1. The lowest BCUT2D eigenvalue weighted by Crippen LogP contribution is -2.34. The first kappa shape index (κ1) is 18.7. The molecule has 0 bridgehead atoms. The lowest BCUT2D eigenvalue weighted by Gasteiger charge is -2.30. The minimum Gasteiger partial charge on any atom is -0.481 e. The summed E-state index contributed by atoms with van der Waals surface area (Å²) in [5.41, 5.74) is 1.97. The number of hydrogen-bond donors (Lipinski definition) is 3. The molecule has 0 heterocycles. The summed E-state index contributed by atoms with van der Waals surface area (Å²) in [5.74, 6) is -1.31. The number of aliphatic carboxylic acids is 1. The van der Waals surface area contributed by atoms with E-state index in [1.54, 1.807) is 24.3 Å². The maximum atomic E-state index is 12.5. The molecule has 6 nitrogen and oxygen atoms in total. The number of amides is 2. The Morgan fingerprint density at radius 3 is 2.44 bits per heavy atom. The molecular weight excluding hydrogens is 320 g/mol. The fourth-order valence-electron chi connectivity index (χ4n) is 2.65. The molecule has 1 aromatic rings. The lowest BCUT2D eigenvalue weighted by atomic mass is 9.76. The zero-order chi connectivity index (χ0) is 18.4. The molecule has 1 aliphatic carbocycles. The van der Waals surface area contributed by atoms with Crippen molar-refractivity contribution in [1.29, 1.82) is 0 Å². The Balaban J connectivity index is 1.92. The van der Waals surface area contributed by atoms with E-state index >= 15 is 0 Å². The molecule has 2 rings (SSSR count). The molecule has 0 spiro atoms. The van der Waals surface area contributed by atoms with Gasteiger partial charge >= 0.3 is 5.97 Å². The molecule has 0 aliphatic heterocycles. The van der Waals surface area contributed by atoms with Gasteiger partial charge in [0.05, 0.1) is 11.8 Å². The zero-order valence-electron chi connectivity index (χ0n) is 14.6. The van der Waals surface area contributed by atoms with Gasteiger partial charge in [-0.1, -0.05) is 18.6 Å². The average molecular weight is 344 g/mol. The summed E-state index contributed by atoms with van der Waals surface area (Å²) in [4.78, 5) is 34.9. The number of carbonyl (C=O) groups excluding carboxylic acids is 2. The van der Waals surface area contributed by atoms with Gasteiger partial charge < -0.3 is 15.7 Å². The number of carboxylic acids is 1. The van der Waals surface area contributed by atoms with E-state index in [9.17, 15) is 14.4 Å².